The topological polar surface area (TPSA) is 73.2 Å². The van der Waals surface area contributed by atoms with Gasteiger partial charge in [-0.1, -0.05) is 19.9 Å². The molecule has 0 aliphatic carbocycles. The maximum atomic E-state index is 12.5. The van der Waals surface area contributed by atoms with E-state index in [1.54, 1.807) is 24.3 Å². The number of hydrogen-bond donors (Lipinski definition) is 1. The number of carbonyl (C=O) groups excluding carboxylic acids is 2. The Morgan fingerprint density at radius 3 is 2.53 bits per heavy atom. The average Bonchev–Trinajstić information content (AvgIpc) is 2.70. The molecule has 98 valence electrons. The van der Waals surface area contributed by atoms with Gasteiger partial charge in [0.05, 0.1) is 17.3 Å². The van der Waals surface area contributed by atoms with E-state index in [2.05, 4.69) is 5.32 Å². The summed E-state index contributed by atoms with van der Waals surface area (Å²) < 4.78 is 0. The third-order valence-corrected chi connectivity index (χ3v) is 3.60. The number of hydrogen-bond acceptors (Lipinski definition) is 3. The van der Waals surface area contributed by atoms with Gasteiger partial charge in [-0.3, -0.25) is 4.79 Å². The minimum absolute atomic E-state index is 0.252. The Balaban J connectivity index is 2.43. The van der Waals surface area contributed by atoms with Crippen LogP contribution >= 0.6 is 0 Å². The van der Waals surface area contributed by atoms with Crippen molar-refractivity contribution in [3.8, 4) is 6.07 Å². The monoisotopic (exact) mass is 257 g/mol. The van der Waals surface area contributed by atoms with E-state index in [1.807, 2.05) is 19.9 Å². The van der Waals surface area contributed by atoms with Gasteiger partial charge in [0.2, 0.25) is 0 Å². The summed E-state index contributed by atoms with van der Waals surface area (Å²) in [5.41, 5.74) is 0.0358. The Hall–Kier alpha value is -2.35. The second kappa shape index (κ2) is 4.73. The molecular formula is C14H15N3O2. The predicted octanol–water partition coefficient (Wildman–Crippen LogP) is 2.17. The van der Waals surface area contributed by atoms with Crippen molar-refractivity contribution < 1.29 is 9.59 Å². The highest BCUT2D eigenvalue weighted by molar-refractivity contribution is 6.23. The van der Waals surface area contributed by atoms with Crippen LogP contribution in [0, 0.1) is 11.3 Å². The van der Waals surface area contributed by atoms with Crippen LogP contribution in [0.3, 0.4) is 0 Å². The van der Waals surface area contributed by atoms with Gasteiger partial charge in [0.15, 0.2) is 0 Å². The summed E-state index contributed by atoms with van der Waals surface area (Å²) in [4.78, 5) is 25.6. The molecule has 0 unspecified atom stereocenters. The molecule has 0 saturated carbocycles. The largest absolute Gasteiger partial charge is 0.329 e. The van der Waals surface area contributed by atoms with Gasteiger partial charge in [-0.15, -0.1) is 0 Å². The quantitative estimate of drug-likeness (QED) is 0.843. The number of urea groups is 1. The summed E-state index contributed by atoms with van der Waals surface area (Å²) in [6.07, 6.45) is 1.09. The molecular weight excluding hydrogens is 242 g/mol. The highest BCUT2D eigenvalue weighted by Gasteiger charge is 2.49. The van der Waals surface area contributed by atoms with Gasteiger partial charge in [-0.25, -0.2) is 9.69 Å². The molecule has 0 bridgehead atoms. The van der Waals surface area contributed by atoms with E-state index < -0.39 is 11.6 Å². The van der Waals surface area contributed by atoms with Crippen LogP contribution in [0.25, 0.3) is 0 Å². The summed E-state index contributed by atoms with van der Waals surface area (Å²) in [6.45, 7) is 3.74. The van der Waals surface area contributed by atoms with Crippen molar-refractivity contribution in [2.45, 2.75) is 32.2 Å². The lowest BCUT2D eigenvalue weighted by molar-refractivity contribution is -0.122. The lowest BCUT2D eigenvalue weighted by Crippen LogP contribution is -2.45. The highest BCUT2D eigenvalue weighted by Crippen LogP contribution is 2.29. The van der Waals surface area contributed by atoms with Gasteiger partial charge in [0.1, 0.15) is 5.54 Å². The number of anilines is 1. The smallest absolute Gasteiger partial charge is 0.323 e. The number of nitrogens with one attached hydrogen (secondary N) is 1. The van der Waals surface area contributed by atoms with Gasteiger partial charge < -0.3 is 5.32 Å². The number of imide groups is 1. The standard InChI is InChI=1S/C14H15N3O2/c1-3-14(4-2)12(18)17(13(19)16-14)11-7-5-6-10(8-11)9-15/h5-8H,3-4H2,1-2H3,(H,16,19). The first kappa shape index (κ1) is 13.1. The lowest BCUT2D eigenvalue weighted by atomic mass is 9.93. The minimum atomic E-state index is -0.820. The van der Waals surface area contributed by atoms with Crippen LogP contribution in [0.15, 0.2) is 24.3 Å². The van der Waals surface area contributed by atoms with Crippen molar-refractivity contribution in [3.63, 3.8) is 0 Å². The lowest BCUT2D eigenvalue weighted by Gasteiger charge is -2.23. The van der Waals surface area contributed by atoms with E-state index in [9.17, 15) is 9.59 Å². The molecule has 3 amide bonds. The minimum Gasteiger partial charge on any atom is -0.323 e. The van der Waals surface area contributed by atoms with Gasteiger partial charge in [-0.05, 0) is 31.0 Å². The number of rotatable bonds is 3. The average molecular weight is 257 g/mol. The Bertz CT molecular complexity index is 570. The van der Waals surface area contributed by atoms with Crippen molar-refractivity contribution in [1.82, 2.24) is 5.32 Å². The zero-order valence-electron chi connectivity index (χ0n) is 10.9. The summed E-state index contributed by atoms with van der Waals surface area (Å²) in [5, 5.41) is 11.6. The summed E-state index contributed by atoms with van der Waals surface area (Å²) in [7, 11) is 0. The van der Waals surface area contributed by atoms with Gasteiger partial charge >= 0.3 is 6.03 Å². The summed E-state index contributed by atoms with van der Waals surface area (Å²) >= 11 is 0. The highest BCUT2D eigenvalue weighted by atomic mass is 16.2. The molecule has 1 aromatic rings. The van der Waals surface area contributed by atoms with Crippen molar-refractivity contribution in [2.75, 3.05) is 4.90 Å². The molecule has 0 radical (unpaired) electrons. The molecule has 2 rings (SSSR count). The van der Waals surface area contributed by atoms with Gasteiger partial charge in [-0.2, -0.15) is 5.26 Å². The van der Waals surface area contributed by atoms with E-state index in [1.165, 1.54) is 0 Å². The number of nitrogens with zero attached hydrogens (tertiary/aromatic N) is 2. The van der Waals surface area contributed by atoms with Crippen molar-refractivity contribution in [2.24, 2.45) is 0 Å². The van der Waals surface area contributed by atoms with Gasteiger partial charge in [0, 0.05) is 0 Å². The molecule has 1 saturated heterocycles. The fraction of sp³-hybridized carbons (Fsp3) is 0.357. The fourth-order valence-corrected chi connectivity index (χ4v) is 2.30. The molecule has 1 fully saturated rings. The van der Waals surface area contributed by atoms with Crippen LogP contribution in [0.2, 0.25) is 0 Å². The zero-order valence-corrected chi connectivity index (χ0v) is 10.9. The normalized spacial score (nSPS) is 17.2. The van der Waals surface area contributed by atoms with Crippen LogP contribution in [0.5, 0.6) is 0 Å². The maximum absolute atomic E-state index is 12.5. The number of nitriles is 1. The molecule has 1 N–H and O–H groups in total. The Kier molecular flexibility index (Phi) is 3.26. The molecule has 1 aliphatic heterocycles. The van der Waals surface area contributed by atoms with Crippen LogP contribution in [0.4, 0.5) is 10.5 Å². The molecule has 1 aromatic carbocycles. The van der Waals surface area contributed by atoms with E-state index in [-0.39, 0.29) is 5.91 Å². The van der Waals surface area contributed by atoms with E-state index in [0.29, 0.717) is 24.1 Å². The van der Waals surface area contributed by atoms with Gasteiger partial charge in [0.25, 0.3) is 5.91 Å². The third-order valence-electron chi connectivity index (χ3n) is 3.60. The van der Waals surface area contributed by atoms with Crippen LogP contribution < -0.4 is 10.2 Å². The Labute approximate surface area is 111 Å². The molecule has 5 heteroatoms. The van der Waals surface area contributed by atoms with Crippen LogP contribution in [-0.4, -0.2) is 17.5 Å². The SMILES string of the molecule is CCC1(CC)NC(=O)N(c2cccc(C#N)c2)C1=O. The predicted molar refractivity (Wildman–Crippen MR) is 70.5 cm³/mol. The first-order chi connectivity index (χ1) is 9.07. The van der Waals surface area contributed by atoms with E-state index in [4.69, 9.17) is 5.26 Å². The van der Waals surface area contributed by atoms with Crippen LogP contribution in [-0.2, 0) is 4.79 Å². The first-order valence-corrected chi connectivity index (χ1v) is 6.25. The molecule has 0 atom stereocenters. The molecule has 1 heterocycles. The molecule has 5 nitrogen and oxygen atoms in total. The first-order valence-electron chi connectivity index (χ1n) is 6.25. The third kappa shape index (κ3) is 1.95. The van der Waals surface area contributed by atoms with E-state index >= 15 is 0 Å². The second-order valence-corrected chi connectivity index (χ2v) is 4.52. The number of amides is 3. The molecule has 19 heavy (non-hydrogen) atoms. The molecule has 0 aromatic heterocycles. The van der Waals surface area contributed by atoms with Crippen molar-refractivity contribution in [3.05, 3.63) is 29.8 Å². The molecule has 1 aliphatic rings. The number of carbonyl (C=O) groups is 2. The second-order valence-electron chi connectivity index (χ2n) is 4.52. The molecule has 0 spiro atoms. The number of benzene rings is 1. The Morgan fingerprint density at radius 2 is 2.00 bits per heavy atom. The zero-order chi connectivity index (χ0) is 14.0. The Morgan fingerprint density at radius 1 is 1.32 bits per heavy atom. The maximum Gasteiger partial charge on any atom is 0.329 e. The summed E-state index contributed by atoms with van der Waals surface area (Å²) in [5.74, 6) is -0.252. The van der Waals surface area contributed by atoms with Crippen LogP contribution in [0.1, 0.15) is 32.3 Å². The summed E-state index contributed by atoms with van der Waals surface area (Å²) in [6, 6.07) is 8.06. The fourth-order valence-electron chi connectivity index (χ4n) is 2.30. The van der Waals surface area contributed by atoms with Crippen molar-refractivity contribution in [1.29, 1.82) is 5.26 Å². The van der Waals surface area contributed by atoms with E-state index in [0.717, 1.165) is 4.90 Å². The van der Waals surface area contributed by atoms with Crippen molar-refractivity contribution >= 4 is 17.6 Å².